The number of carbonyl (C=O) groups is 3. The van der Waals surface area contributed by atoms with Crippen LogP contribution < -0.4 is 4.74 Å². The highest BCUT2D eigenvalue weighted by molar-refractivity contribution is 6.26. The third-order valence-corrected chi connectivity index (χ3v) is 6.15. The Hall–Kier alpha value is -4.13. The van der Waals surface area contributed by atoms with Crippen molar-refractivity contribution in [3.63, 3.8) is 0 Å². The Balaban J connectivity index is 1.89. The number of aliphatic hydroxyl groups excluding tert-OH is 1. The summed E-state index contributed by atoms with van der Waals surface area (Å²) in [7, 11) is 0. The van der Waals surface area contributed by atoms with Crippen LogP contribution in [0.25, 0.3) is 6.08 Å². The lowest BCUT2D eigenvalue weighted by molar-refractivity contribution is -0.123. The van der Waals surface area contributed by atoms with Crippen LogP contribution in [0.2, 0.25) is 0 Å². The van der Waals surface area contributed by atoms with Crippen molar-refractivity contribution in [2.24, 2.45) is 0 Å². The summed E-state index contributed by atoms with van der Waals surface area (Å²) in [6.07, 6.45) is 3.96. The van der Waals surface area contributed by atoms with Crippen molar-refractivity contribution in [1.29, 1.82) is 0 Å². The van der Waals surface area contributed by atoms with E-state index >= 15 is 0 Å². The molecule has 3 N–H and O–H groups in total. The molecule has 1 aliphatic heterocycles. The molecule has 33 heavy (non-hydrogen) atoms. The van der Waals surface area contributed by atoms with Crippen LogP contribution in [-0.4, -0.2) is 32.7 Å². The summed E-state index contributed by atoms with van der Waals surface area (Å²) in [4.78, 5) is 38.4. The summed E-state index contributed by atoms with van der Waals surface area (Å²) in [5.74, 6) is -3.72. The summed E-state index contributed by atoms with van der Waals surface area (Å²) >= 11 is 0. The lowest BCUT2D eigenvalue weighted by atomic mass is 9.71. The molecule has 0 aromatic heterocycles. The number of ether oxygens (including phenoxy) is 1. The van der Waals surface area contributed by atoms with E-state index in [1.165, 1.54) is 19.9 Å². The van der Waals surface area contributed by atoms with Gasteiger partial charge in [-0.25, -0.2) is 0 Å². The number of hydrogen-bond acceptors (Lipinski definition) is 7. The van der Waals surface area contributed by atoms with E-state index in [-0.39, 0.29) is 28.2 Å². The fourth-order valence-electron chi connectivity index (χ4n) is 4.19. The predicted octanol–water partition coefficient (Wildman–Crippen LogP) is 4.13. The highest BCUT2D eigenvalue weighted by Crippen LogP contribution is 2.57. The number of phenolic OH excluding ortho intramolecular Hbond substituents is 2. The number of aryl methyl sites for hydroxylation is 1. The van der Waals surface area contributed by atoms with Crippen LogP contribution in [0, 0.1) is 13.8 Å². The van der Waals surface area contributed by atoms with Gasteiger partial charge in [0.25, 0.3) is 0 Å². The molecule has 7 nitrogen and oxygen atoms in total. The van der Waals surface area contributed by atoms with Crippen molar-refractivity contribution < 1.29 is 34.4 Å². The Kier molecular flexibility index (Phi) is 5.00. The van der Waals surface area contributed by atoms with Gasteiger partial charge in [-0.3, -0.25) is 14.4 Å². The van der Waals surface area contributed by atoms with Crippen molar-refractivity contribution in [1.82, 2.24) is 0 Å². The molecule has 0 radical (unpaired) electrons. The molecule has 7 heteroatoms. The Bertz CT molecular complexity index is 1340. The molecule has 0 unspecified atom stereocenters. The average molecular weight is 446 g/mol. The van der Waals surface area contributed by atoms with Gasteiger partial charge < -0.3 is 20.1 Å². The number of rotatable bonds is 4. The van der Waals surface area contributed by atoms with Crippen LogP contribution in [0.15, 0.2) is 53.5 Å². The fraction of sp³-hybridized carbons (Fsp3) is 0.192. The minimum atomic E-state index is -1.65. The maximum absolute atomic E-state index is 13.3. The van der Waals surface area contributed by atoms with Crippen LogP contribution in [0.5, 0.6) is 17.2 Å². The Morgan fingerprint density at radius 1 is 1.03 bits per heavy atom. The van der Waals surface area contributed by atoms with Crippen molar-refractivity contribution in [2.75, 3.05) is 0 Å². The maximum atomic E-state index is 13.3. The van der Waals surface area contributed by atoms with E-state index in [0.29, 0.717) is 0 Å². The molecule has 0 fully saturated rings. The van der Waals surface area contributed by atoms with E-state index in [9.17, 15) is 29.7 Å². The number of fused-ring (bicyclic) bond motifs is 3. The molecule has 0 saturated carbocycles. The minimum absolute atomic E-state index is 0.0112. The van der Waals surface area contributed by atoms with Crippen molar-refractivity contribution in [2.45, 2.75) is 33.1 Å². The number of aliphatic hydroxyl groups is 1. The third-order valence-electron chi connectivity index (χ3n) is 6.15. The zero-order valence-corrected chi connectivity index (χ0v) is 18.5. The van der Waals surface area contributed by atoms with Gasteiger partial charge in [0.05, 0.1) is 5.56 Å². The predicted molar refractivity (Wildman–Crippen MR) is 120 cm³/mol. The van der Waals surface area contributed by atoms with Gasteiger partial charge in [-0.15, -0.1) is 0 Å². The van der Waals surface area contributed by atoms with Crippen molar-refractivity contribution >= 4 is 23.4 Å². The smallest absolute Gasteiger partial charge is 0.193 e. The molecule has 2 aliphatic rings. The number of allylic oxidation sites excluding steroid dienone is 4. The molecule has 2 aromatic rings. The number of ketones is 3. The van der Waals surface area contributed by atoms with E-state index in [1.807, 2.05) is 31.2 Å². The summed E-state index contributed by atoms with van der Waals surface area (Å²) in [5.41, 5.74) is -0.518. The lowest BCUT2D eigenvalue weighted by Gasteiger charge is -2.28. The second kappa shape index (κ2) is 7.48. The van der Waals surface area contributed by atoms with Gasteiger partial charge in [-0.2, -0.15) is 0 Å². The van der Waals surface area contributed by atoms with Crippen LogP contribution in [-0.2, 0) is 15.0 Å². The Morgan fingerprint density at radius 3 is 2.27 bits per heavy atom. The number of Topliss-reactive ketones (excluding diaryl/α,β-unsaturated/α-hetero) is 2. The molecule has 1 atom stereocenters. The van der Waals surface area contributed by atoms with Gasteiger partial charge in [0, 0.05) is 11.6 Å². The summed E-state index contributed by atoms with van der Waals surface area (Å²) in [6.45, 7) is 5.93. The highest BCUT2D eigenvalue weighted by Gasteiger charge is 2.55. The molecule has 0 amide bonds. The molecule has 2 aromatic carbocycles. The number of hydrogen-bond donors (Lipinski definition) is 3. The molecule has 0 spiro atoms. The summed E-state index contributed by atoms with van der Waals surface area (Å²) in [6, 6.07) is 7.45. The van der Waals surface area contributed by atoms with E-state index in [2.05, 4.69) is 0 Å². The molecular formula is C26H22O7. The van der Waals surface area contributed by atoms with Gasteiger partial charge in [0.15, 0.2) is 17.3 Å². The van der Waals surface area contributed by atoms with Crippen molar-refractivity contribution in [3.05, 3.63) is 81.3 Å². The molecule has 0 saturated heterocycles. The van der Waals surface area contributed by atoms with Crippen LogP contribution in [0.3, 0.4) is 0 Å². The Labute approximate surface area is 189 Å². The first-order chi connectivity index (χ1) is 15.5. The second-order valence-corrected chi connectivity index (χ2v) is 8.39. The average Bonchev–Trinajstić information content (AvgIpc) is 3.04. The van der Waals surface area contributed by atoms with Gasteiger partial charge in [0.1, 0.15) is 45.3 Å². The standard InChI is InChI=1S/C26H22O7/c1-12-5-7-15(8-6-12)9-10-16(28)20-22(30)13(2)23(31)21-24(20)33-18-11-17(29)19(14(3)27)25(32)26(18,21)4/h5-11,29-31H,1-4H3/b10-9+/t26-/m1/s1. The minimum Gasteiger partial charge on any atom is -0.507 e. The lowest BCUT2D eigenvalue weighted by Crippen LogP contribution is -2.38. The number of benzene rings is 2. The molecule has 4 rings (SSSR count). The monoisotopic (exact) mass is 446 g/mol. The molecule has 0 bridgehead atoms. The molecule has 1 heterocycles. The van der Waals surface area contributed by atoms with Crippen molar-refractivity contribution in [3.8, 4) is 17.2 Å². The van der Waals surface area contributed by atoms with E-state index in [0.717, 1.165) is 24.1 Å². The van der Waals surface area contributed by atoms with Crippen LogP contribution >= 0.6 is 0 Å². The summed E-state index contributed by atoms with van der Waals surface area (Å²) in [5, 5.41) is 31.8. The van der Waals surface area contributed by atoms with E-state index in [4.69, 9.17) is 4.74 Å². The van der Waals surface area contributed by atoms with E-state index < -0.39 is 45.6 Å². The number of phenols is 2. The topological polar surface area (TPSA) is 121 Å². The molecule has 1 aliphatic carbocycles. The van der Waals surface area contributed by atoms with Gasteiger partial charge in [-0.1, -0.05) is 35.9 Å². The zero-order chi connectivity index (χ0) is 24.2. The van der Waals surface area contributed by atoms with Crippen LogP contribution in [0.4, 0.5) is 0 Å². The summed E-state index contributed by atoms with van der Waals surface area (Å²) < 4.78 is 5.78. The largest absolute Gasteiger partial charge is 0.507 e. The second-order valence-electron chi connectivity index (χ2n) is 8.39. The quantitative estimate of drug-likeness (QED) is 0.367. The third kappa shape index (κ3) is 3.16. The zero-order valence-electron chi connectivity index (χ0n) is 18.5. The molecular weight excluding hydrogens is 424 g/mol. The van der Waals surface area contributed by atoms with Gasteiger partial charge in [-0.05, 0) is 39.3 Å². The van der Waals surface area contributed by atoms with Gasteiger partial charge >= 0.3 is 0 Å². The molecule has 168 valence electrons. The first kappa shape index (κ1) is 22.1. The Morgan fingerprint density at radius 2 is 1.67 bits per heavy atom. The number of carbonyl (C=O) groups excluding carboxylic acids is 3. The van der Waals surface area contributed by atoms with Crippen LogP contribution in [0.1, 0.15) is 46.5 Å². The van der Waals surface area contributed by atoms with E-state index in [1.54, 1.807) is 6.08 Å². The first-order valence-electron chi connectivity index (χ1n) is 10.3. The number of aromatic hydroxyl groups is 2. The SMILES string of the molecule is CC(=O)C1=C(O)C=C2Oc3c(C(=O)/C=C/c4ccc(C)cc4)c(O)c(C)c(O)c3[C@]2(C)C1=O. The normalized spacial score (nSPS) is 19.3. The fourth-order valence-corrected chi connectivity index (χ4v) is 4.19. The van der Waals surface area contributed by atoms with Gasteiger partial charge in [0.2, 0.25) is 0 Å². The first-order valence-corrected chi connectivity index (χ1v) is 10.3. The highest BCUT2D eigenvalue weighted by atomic mass is 16.5. The maximum Gasteiger partial charge on any atom is 0.193 e.